The summed E-state index contributed by atoms with van der Waals surface area (Å²) in [6.45, 7) is 2.32. The van der Waals surface area contributed by atoms with Gasteiger partial charge in [0.2, 0.25) is 5.91 Å². The minimum atomic E-state index is -4.39. The quantitative estimate of drug-likeness (QED) is 0.916. The molecule has 0 spiro atoms. The molecule has 2 aromatic rings. The number of aliphatic hydroxyl groups is 1. The van der Waals surface area contributed by atoms with Crippen LogP contribution in [0.15, 0.2) is 30.3 Å². The molecule has 0 atom stereocenters. The topological polar surface area (TPSA) is 56.7 Å². The van der Waals surface area contributed by atoms with Crippen LogP contribution in [0.2, 0.25) is 0 Å². The molecule has 2 heterocycles. The van der Waals surface area contributed by atoms with Crippen molar-refractivity contribution in [3.8, 4) is 0 Å². The number of hydrogen-bond acceptors (Lipinski definition) is 4. The number of aromatic nitrogens is 1. The van der Waals surface area contributed by atoms with Gasteiger partial charge in [-0.15, -0.1) is 0 Å². The van der Waals surface area contributed by atoms with Gasteiger partial charge in [-0.1, -0.05) is 12.1 Å². The van der Waals surface area contributed by atoms with Gasteiger partial charge in [0.05, 0.1) is 16.8 Å². The fraction of sp³-hybridized carbons (Fsp3) is 0.412. The van der Waals surface area contributed by atoms with E-state index in [0.717, 1.165) is 12.1 Å². The number of alkyl halides is 3. The van der Waals surface area contributed by atoms with Crippen LogP contribution in [-0.4, -0.2) is 58.6 Å². The van der Waals surface area contributed by atoms with Crippen molar-refractivity contribution in [3.05, 3.63) is 41.6 Å². The van der Waals surface area contributed by atoms with Crippen LogP contribution < -0.4 is 0 Å². The van der Waals surface area contributed by atoms with Crippen LogP contribution in [0.1, 0.15) is 11.3 Å². The zero-order chi connectivity index (χ0) is 18.0. The van der Waals surface area contributed by atoms with E-state index in [2.05, 4.69) is 9.88 Å². The molecule has 1 saturated heterocycles. The molecule has 1 aliphatic heterocycles. The van der Waals surface area contributed by atoms with Gasteiger partial charge in [-0.3, -0.25) is 14.7 Å². The third kappa shape index (κ3) is 4.08. The van der Waals surface area contributed by atoms with Crippen molar-refractivity contribution in [2.24, 2.45) is 0 Å². The number of aliphatic hydroxyl groups excluding tert-OH is 1. The maximum atomic E-state index is 12.8. The first kappa shape index (κ1) is 17.6. The third-order valence-electron chi connectivity index (χ3n) is 4.32. The van der Waals surface area contributed by atoms with Gasteiger partial charge in [0.1, 0.15) is 6.61 Å². The lowest BCUT2D eigenvalue weighted by Crippen LogP contribution is -2.49. The number of carbonyl (C=O) groups excluding carboxylic acids is 1. The highest BCUT2D eigenvalue weighted by molar-refractivity contribution is 5.79. The summed E-state index contributed by atoms with van der Waals surface area (Å²) in [5.41, 5.74) is 0.302. The first-order valence-corrected chi connectivity index (χ1v) is 7.95. The van der Waals surface area contributed by atoms with E-state index < -0.39 is 18.3 Å². The molecule has 0 unspecified atom stereocenters. The number of rotatable bonds is 3. The largest absolute Gasteiger partial charge is 0.416 e. The van der Waals surface area contributed by atoms with Gasteiger partial charge < -0.3 is 10.0 Å². The van der Waals surface area contributed by atoms with Crippen molar-refractivity contribution in [2.45, 2.75) is 12.7 Å². The average Bonchev–Trinajstić information content (AvgIpc) is 2.60. The molecule has 5 nitrogen and oxygen atoms in total. The fourth-order valence-corrected chi connectivity index (χ4v) is 2.91. The van der Waals surface area contributed by atoms with E-state index in [0.29, 0.717) is 49.3 Å². The van der Waals surface area contributed by atoms with Crippen LogP contribution >= 0.6 is 0 Å². The number of pyridine rings is 1. The molecule has 0 bridgehead atoms. The predicted octanol–water partition coefficient (Wildman–Crippen LogP) is 1.89. The lowest BCUT2D eigenvalue weighted by Gasteiger charge is -2.34. The van der Waals surface area contributed by atoms with Crippen molar-refractivity contribution in [3.63, 3.8) is 0 Å². The second-order valence-electron chi connectivity index (χ2n) is 6.02. The SMILES string of the molecule is O=C(CO)N1CCN(Cc2ccc3ccc(C(F)(F)F)cc3n2)CC1. The molecule has 1 aromatic carbocycles. The van der Waals surface area contributed by atoms with Gasteiger partial charge in [0.25, 0.3) is 0 Å². The number of amides is 1. The summed E-state index contributed by atoms with van der Waals surface area (Å²) in [4.78, 5) is 19.5. The predicted molar refractivity (Wildman–Crippen MR) is 85.7 cm³/mol. The lowest BCUT2D eigenvalue weighted by atomic mass is 10.1. The summed E-state index contributed by atoms with van der Waals surface area (Å²) in [7, 11) is 0. The monoisotopic (exact) mass is 353 g/mol. The van der Waals surface area contributed by atoms with Crippen LogP contribution in [0.5, 0.6) is 0 Å². The minimum absolute atomic E-state index is 0.289. The van der Waals surface area contributed by atoms with Gasteiger partial charge in [-0.25, -0.2) is 0 Å². The summed E-state index contributed by atoms with van der Waals surface area (Å²) < 4.78 is 38.5. The van der Waals surface area contributed by atoms with Crippen LogP contribution in [0.25, 0.3) is 10.9 Å². The molecule has 3 rings (SSSR count). The van der Waals surface area contributed by atoms with Crippen molar-refractivity contribution in [2.75, 3.05) is 32.8 Å². The van der Waals surface area contributed by atoms with E-state index in [9.17, 15) is 18.0 Å². The van der Waals surface area contributed by atoms with Crippen molar-refractivity contribution in [1.82, 2.24) is 14.8 Å². The van der Waals surface area contributed by atoms with Gasteiger partial charge in [-0.2, -0.15) is 13.2 Å². The summed E-state index contributed by atoms with van der Waals surface area (Å²) in [5, 5.41) is 9.54. The van der Waals surface area contributed by atoms with Crippen molar-refractivity contribution >= 4 is 16.8 Å². The molecule has 0 aliphatic carbocycles. The molecule has 1 fully saturated rings. The third-order valence-corrected chi connectivity index (χ3v) is 4.32. The Hall–Kier alpha value is -2.19. The summed E-state index contributed by atoms with van der Waals surface area (Å²) in [6.07, 6.45) is -4.39. The normalized spacial score (nSPS) is 16.4. The van der Waals surface area contributed by atoms with Gasteiger partial charge in [0.15, 0.2) is 0 Å². The maximum absolute atomic E-state index is 12.8. The average molecular weight is 353 g/mol. The van der Waals surface area contributed by atoms with Crippen molar-refractivity contribution < 1.29 is 23.1 Å². The highest BCUT2D eigenvalue weighted by atomic mass is 19.4. The van der Waals surface area contributed by atoms with E-state index >= 15 is 0 Å². The number of halogens is 3. The zero-order valence-corrected chi connectivity index (χ0v) is 13.5. The Morgan fingerprint density at radius 2 is 1.80 bits per heavy atom. The molecule has 25 heavy (non-hydrogen) atoms. The number of piperazine rings is 1. The molecule has 8 heteroatoms. The van der Waals surface area contributed by atoms with Crippen LogP contribution in [0, 0.1) is 0 Å². The Morgan fingerprint density at radius 1 is 1.12 bits per heavy atom. The maximum Gasteiger partial charge on any atom is 0.416 e. The van der Waals surface area contributed by atoms with E-state index in [-0.39, 0.29) is 5.91 Å². The molecule has 0 radical (unpaired) electrons. The molecule has 134 valence electrons. The van der Waals surface area contributed by atoms with Crippen molar-refractivity contribution in [1.29, 1.82) is 0 Å². The van der Waals surface area contributed by atoms with E-state index in [1.807, 2.05) is 0 Å². The number of nitrogens with zero attached hydrogens (tertiary/aromatic N) is 3. The molecule has 0 saturated carbocycles. The highest BCUT2D eigenvalue weighted by Gasteiger charge is 2.30. The summed E-state index contributed by atoms with van der Waals surface area (Å²) >= 11 is 0. The molecular formula is C17H18F3N3O2. The first-order valence-electron chi connectivity index (χ1n) is 7.95. The number of carbonyl (C=O) groups is 1. The first-order chi connectivity index (χ1) is 11.9. The van der Waals surface area contributed by atoms with Gasteiger partial charge in [0, 0.05) is 38.1 Å². The zero-order valence-electron chi connectivity index (χ0n) is 13.5. The van der Waals surface area contributed by atoms with E-state index in [4.69, 9.17) is 5.11 Å². The summed E-state index contributed by atoms with van der Waals surface area (Å²) in [5.74, 6) is -0.289. The van der Waals surface area contributed by atoms with Crippen LogP contribution in [-0.2, 0) is 17.5 Å². The molecule has 1 amide bonds. The second kappa shape index (κ2) is 6.97. The van der Waals surface area contributed by atoms with Crippen LogP contribution in [0.4, 0.5) is 13.2 Å². The summed E-state index contributed by atoms with van der Waals surface area (Å²) in [6, 6.07) is 7.12. The Labute approximate surface area is 142 Å². The number of benzene rings is 1. The Morgan fingerprint density at radius 3 is 2.44 bits per heavy atom. The lowest BCUT2D eigenvalue weighted by molar-refractivity contribution is -0.137. The Balaban J connectivity index is 1.71. The Kier molecular flexibility index (Phi) is 4.91. The Bertz CT molecular complexity index is 771. The molecule has 1 aliphatic rings. The smallest absolute Gasteiger partial charge is 0.387 e. The van der Waals surface area contributed by atoms with Crippen LogP contribution in [0.3, 0.4) is 0 Å². The van der Waals surface area contributed by atoms with E-state index in [1.54, 1.807) is 17.0 Å². The molecule has 1 aromatic heterocycles. The fourth-order valence-electron chi connectivity index (χ4n) is 2.91. The molecule has 1 N–H and O–H groups in total. The number of hydrogen-bond donors (Lipinski definition) is 1. The van der Waals surface area contributed by atoms with Gasteiger partial charge in [-0.05, 0) is 18.2 Å². The minimum Gasteiger partial charge on any atom is -0.387 e. The highest BCUT2D eigenvalue weighted by Crippen LogP contribution is 2.31. The molecular weight excluding hydrogens is 335 g/mol. The second-order valence-corrected chi connectivity index (χ2v) is 6.02. The van der Waals surface area contributed by atoms with Gasteiger partial charge >= 0.3 is 6.18 Å². The number of fused-ring (bicyclic) bond motifs is 1. The van der Waals surface area contributed by atoms with E-state index in [1.165, 1.54) is 6.07 Å². The standard InChI is InChI=1S/C17H18F3N3O2/c18-17(19,20)13-3-1-12-2-4-14(21-15(12)9-13)10-22-5-7-23(8-6-22)16(25)11-24/h1-4,9,24H,5-8,10-11H2.